The van der Waals surface area contributed by atoms with E-state index in [1.165, 1.54) is 32.1 Å². The van der Waals surface area contributed by atoms with Crippen molar-refractivity contribution in [2.24, 2.45) is 11.7 Å². The minimum Gasteiger partial charge on any atom is -0.477 e. The molecule has 0 saturated heterocycles. The molecular formula is C14H22N2O. The normalized spacial score (nSPS) is 18.9. The van der Waals surface area contributed by atoms with E-state index in [0.717, 1.165) is 24.0 Å². The van der Waals surface area contributed by atoms with Crippen LogP contribution in [0.4, 0.5) is 0 Å². The molecular weight excluding hydrogens is 212 g/mol. The summed E-state index contributed by atoms with van der Waals surface area (Å²) in [5, 5.41) is 0. The summed E-state index contributed by atoms with van der Waals surface area (Å²) in [7, 11) is 0. The Morgan fingerprint density at radius 3 is 2.71 bits per heavy atom. The van der Waals surface area contributed by atoms with E-state index in [9.17, 15) is 0 Å². The van der Waals surface area contributed by atoms with E-state index >= 15 is 0 Å². The third-order valence-corrected chi connectivity index (χ3v) is 3.48. The Kier molecular flexibility index (Phi) is 4.37. The summed E-state index contributed by atoms with van der Waals surface area (Å²) < 4.78 is 5.73. The van der Waals surface area contributed by atoms with E-state index in [2.05, 4.69) is 4.98 Å². The second-order valence-electron chi connectivity index (χ2n) is 5.03. The second kappa shape index (κ2) is 6.01. The van der Waals surface area contributed by atoms with E-state index in [1.807, 2.05) is 19.1 Å². The topological polar surface area (TPSA) is 48.1 Å². The molecule has 2 rings (SSSR count). The van der Waals surface area contributed by atoms with Crippen molar-refractivity contribution in [3.63, 3.8) is 0 Å². The standard InChI is InChI=1S/C14H22N2O/c1-11(15)13-7-8-14(16-9-13)17-10-12-5-3-2-4-6-12/h7-9,11-12H,2-6,10,15H2,1H3. The Hall–Kier alpha value is -1.09. The first-order valence-electron chi connectivity index (χ1n) is 6.60. The first-order chi connectivity index (χ1) is 8.25. The molecule has 1 atom stereocenters. The van der Waals surface area contributed by atoms with Crippen molar-refractivity contribution >= 4 is 0 Å². The molecule has 17 heavy (non-hydrogen) atoms. The van der Waals surface area contributed by atoms with Gasteiger partial charge in [0.05, 0.1) is 6.61 Å². The van der Waals surface area contributed by atoms with Gasteiger partial charge < -0.3 is 10.5 Å². The zero-order chi connectivity index (χ0) is 12.1. The molecule has 94 valence electrons. The average molecular weight is 234 g/mol. The van der Waals surface area contributed by atoms with Gasteiger partial charge in [-0.05, 0) is 31.2 Å². The van der Waals surface area contributed by atoms with Crippen LogP contribution in [0.3, 0.4) is 0 Å². The molecule has 1 saturated carbocycles. The van der Waals surface area contributed by atoms with Crippen LogP contribution in [0.25, 0.3) is 0 Å². The van der Waals surface area contributed by atoms with Gasteiger partial charge in [-0.1, -0.05) is 25.3 Å². The van der Waals surface area contributed by atoms with Crippen LogP contribution in [-0.2, 0) is 0 Å². The van der Waals surface area contributed by atoms with Gasteiger partial charge in [-0.25, -0.2) is 4.98 Å². The summed E-state index contributed by atoms with van der Waals surface area (Å²) in [6.07, 6.45) is 8.50. The van der Waals surface area contributed by atoms with Crippen molar-refractivity contribution in [3.05, 3.63) is 23.9 Å². The fourth-order valence-corrected chi connectivity index (χ4v) is 2.30. The third kappa shape index (κ3) is 3.70. The monoisotopic (exact) mass is 234 g/mol. The van der Waals surface area contributed by atoms with E-state index in [4.69, 9.17) is 10.5 Å². The van der Waals surface area contributed by atoms with Crippen LogP contribution in [0.15, 0.2) is 18.3 Å². The minimum atomic E-state index is 0.0369. The Labute approximate surface area is 103 Å². The number of hydrogen-bond donors (Lipinski definition) is 1. The Morgan fingerprint density at radius 2 is 2.12 bits per heavy atom. The van der Waals surface area contributed by atoms with Crippen LogP contribution in [0.2, 0.25) is 0 Å². The van der Waals surface area contributed by atoms with Crippen LogP contribution >= 0.6 is 0 Å². The Bertz CT molecular complexity index is 329. The average Bonchev–Trinajstić information content (AvgIpc) is 2.38. The van der Waals surface area contributed by atoms with Gasteiger partial charge in [0, 0.05) is 18.3 Å². The van der Waals surface area contributed by atoms with Crippen molar-refractivity contribution in [2.75, 3.05) is 6.61 Å². The van der Waals surface area contributed by atoms with E-state index in [-0.39, 0.29) is 6.04 Å². The van der Waals surface area contributed by atoms with Gasteiger partial charge in [0.25, 0.3) is 0 Å². The van der Waals surface area contributed by atoms with Crippen LogP contribution in [0.1, 0.15) is 50.6 Å². The molecule has 1 aromatic heterocycles. The maximum absolute atomic E-state index is 5.77. The molecule has 0 aliphatic heterocycles. The summed E-state index contributed by atoms with van der Waals surface area (Å²) in [5.74, 6) is 1.44. The fourth-order valence-electron chi connectivity index (χ4n) is 2.30. The zero-order valence-corrected chi connectivity index (χ0v) is 10.6. The van der Waals surface area contributed by atoms with Crippen molar-refractivity contribution in [2.45, 2.75) is 45.1 Å². The van der Waals surface area contributed by atoms with E-state index in [0.29, 0.717) is 0 Å². The number of hydrogen-bond acceptors (Lipinski definition) is 3. The summed E-state index contributed by atoms with van der Waals surface area (Å²) in [6, 6.07) is 3.95. The molecule has 2 N–H and O–H groups in total. The van der Waals surface area contributed by atoms with Gasteiger partial charge in [0.1, 0.15) is 0 Å². The molecule has 0 spiro atoms. The number of nitrogens with zero attached hydrogens (tertiary/aromatic N) is 1. The lowest BCUT2D eigenvalue weighted by atomic mass is 9.90. The number of nitrogens with two attached hydrogens (primary N) is 1. The van der Waals surface area contributed by atoms with Crippen LogP contribution in [0.5, 0.6) is 5.88 Å². The van der Waals surface area contributed by atoms with Gasteiger partial charge in [0.15, 0.2) is 0 Å². The smallest absolute Gasteiger partial charge is 0.213 e. The summed E-state index contributed by atoms with van der Waals surface area (Å²) >= 11 is 0. The van der Waals surface area contributed by atoms with Gasteiger partial charge >= 0.3 is 0 Å². The molecule has 3 nitrogen and oxygen atoms in total. The van der Waals surface area contributed by atoms with Crippen LogP contribution in [-0.4, -0.2) is 11.6 Å². The molecule has 1 aromatic rings. The van der Waals surface area contributed by atoms with Gasteiger partial charge in [0.2, 0.25) is 5.88 Å². The Balaban J connectivity index is 1.82. The largest absolute Gasteiger partial charge is 0.477 e. The molecule has 1 unspecified atom stereocenters. The van der Waals surface area contributed by atoms with Gasteiger partial charge in [-0.15, -0.1) is 0 Å². The number of aromatic nitrogens is 1. The highest BCUT2D eigenvalue weighted by molar-refractivity contribution is 5.19. The van der Waals surface area contributed by atoms with Crippen molar-refractivity contribution < 1.29 is 4.74 Å². The quantitative estimate of drug-likeness (QED) is 0.871. The highest BCUT2D eigenvalue weighted by atomic mass is 16.5. The minimum absolute atomic E-state index is 0.0369. The highest BCUT2D eigenvalue weighted by Crippen LogP contribution is 2.24. The lowest BCUT2D eigenvalue weighted by Crippen LogP contribution is -2.15. The third-order valence-electron chi connectivity index (χ3n) is 3.48. The van der Waals surface area contributed by atoms with E-state index < -0.39 is 0 Å². The molecule has 3 heteroatoms. The molecule has 0 radical (unpaired) electrons. The summed E-state index contributed by atoms with van der Waals surface area (Å²) in [4.78, 5) is 4.28. The molecule has 1 aliphatic carbocycles. The van der Waals surface area contributed by atoms with Crippen molar-refractivity contribution in [1.82, 2.24) is 4.98 Å². The lowest BCUT2D eigenvalue weighted by molar-refractivity contribution is 0.203. The summed E-state index contributed by atoms with van der Waals surface area (Å²) in [5.41, 5.74) is 6.82. The molecule has 1 fully saturated rings. The fraction of sp³-hybridized carbons (Fsp3) is 0.643. The second-order valence-corrected chi connectivity index (χ2v) is 5.03. The lowest BCUT2D eigenvalue weighted by Gasteiger charge is -2.21. The SMILES string of the molecule is CC(N)c1ccc(OCC2CCCCC2)nc1. The predicted octanol–water partition coefficient (Wildman–Crippen LogP) is 3.06. The Morgan fingerprint density at radius 1 is 1.35 bits per heavy atom. The molecule has 1 aliphatic rings. The number of pyridine rings is 1. The van der Waals surface area contributed by atoms with Crippen LogP contribution < -0.4 is 10.5 Å². The first kappa shape index (κ1) is 12.4. The highest BCUT2D eigenvalue weighted by Gasteiger charge is 2.14. The number of rotatable bonds is 4. The molecule has 0 bridgehead atoms. The summed E-state index contributed by atoms with van der Waals surface area (Å²) in [6.45, 7) is 2.77. The molecule has 0 amide bonds. The number of ether oxygens (including phenoxy) is 1. The van der Waals surface area contributed by atoms with Crippen molar-refractivity contribution in [1.29, 1.82) is 0 Å². The maximum Gasteiger partial charge on any atom is 0.213 e. The van der Waals surface area contributed by atoms with Gasteiger partial charge in [-0.3, -0.25) is 0 Å². The predicted molar refractivity (Wildman–Crippen MR) is 68.9 cm³/mol. The maximum atomic E-state index is 5.77. The zero-order valence-electron chi connectivity index (χ0n) is 10.6. The van der Waals surface area contributed by atoms with E-state index in [1.54, 1.807) is 6.20 Å². The first-order valence-corrected chi connectivity index (χ1v) is 6.60. The van der Waals surface area contributed by atoms with Gasteiger partial charge in [-0.2, -0.15) is 0 Å². The van der Waals surface area contributed by atoms with Crippen molar-refractivity contribution in [3.8, 4) is 5.88 Å². The van der Waals surface area contributed by atoms with Crippen LogP contribution in [0, 0.1) is 5.92 Å². The molecule has 0 aromatic carbocycles. The molecule has 1 heterocycles.